The Morgan fingerprint density at radius 3 is 2.73 bits per heavy atom. The third-order valence-electron chi connectivity index (χ3n) is 4.93. The molecule has 0 fully saturated rings. The molecule has 6 nitrogen and oxygen atoms in total. The van der Waals surface area contributed by atoms with Gasteiger partial charge in [0.05, 0.1) is 18.7 Å². The van der Waals surface area contributed by atoms with Crippen molar-refractivity contribution in [2.45, 2.75) is 26.8 Å². The fourth-order valence-electron chi connectivity index (χ4n) is 3.42. The third-order valence-corrected chi connectivity index (χ3v) is 5.79. The number of nitrogens with one attached hydrogen (secondary N) is 1. The average Bonchev–Trinajstić information content (AvgIpc) is 3.32. The summed E-state index contributed by atoms with van der Waals surface area (Å²) in [4.78, 5) is 31.5. The second kappa shape index (κ2) is 7.83. The number of H-pyrrole nitrogens is 1. The third kappa shape index (κ3) is 3.76. The van der Waals surface area contributed by atoms with Crippen molar-refractivity contribution >= 4 is 28.6 Å². The van der Waals surface area contributed by atoms with Crippen LogP contribution in [-0.4, -0.2) is 20.5 Å². The first-order valence-corrected chi connectivity index (χ1v) is 10.1. The lowest BCUT2D eigenvalue weighted by atomic mass is 10.1. The number of rotatable bonds is 5. The fourth-order valence-corrected chi connectivity index (χ4v) is 4.12. The summed E-state index contributed by atoms with van der Waals surface area (Å²) in [5.41, 5.74) is 2.10. The molecule has 0 aliphatic heterocycles. The van der Waals surface area contributed by atoms with Crippen LogP contribution < -0.4 is 10.5 Å². The van der Waals surface area contributed by atoms with Gasteiger partial charge in [0.25, 0.3) is 5.56 Å². The van der Waals surface area contributed by atoms with Gasteiger partial charge < -0.3 is 4.90 Å². The summed E-state index contributed by atoms with van der Waals surface area (Å²) in [6.07, 6.45) is -0.0526. The summed E-state index contributed by atoms with van der Waals surface area (Å²) in [5.74, 6) is -1.88. The number of hydrogen-bond donors (Lipinski definition) is 1. The highest BCUT2D eigenvalue weighted by atomic mass is 32.1. The smallest absolute Gasteiger partial charge is 0.266 e. The normalized spacial score (nSPS) is 11.2. The van der Waals surface area contributed by atoms with E-state index in [0.29, 0.717) is 22.6 Å². The van der Waals surface area contributed by atoms with Crippen LogP contribution in [0.25, 0.3) is 5.65 Å². The highest BCUT2D eigenvalue weighted by molar-refractivity contribution is 7.09. The number of amides is 1. The number of nitrogens with zero attached hydrogens (tertiary/aromatic N) is 3. The van der Waals surface area contributed by atoms with Crippen LogP contribution in [0.3, 0.4) is 0 Å². The zero-order valence-corrected chi connectivity index (χ0v) is 17.1. The Kier molecular flexibility index (Phi) is 5.21. The minimum absolute atomic E-state index is 0.00788. The first-order valence-electron chi connectivity index (χ1n) is 9.19. The van der Waals surface area contributed by atoms with Crippen molar-refractivity contribution in [2.75, 3.05) is 4.90 Å². The number of hydrogen-bond acceptors (Lipinski definition) is 4. The van der Waals surface area contributed by atoms with E-state index in [4.69, 9.17) is 0 Å². The lowest BCUT2D eigenvalue weighted by Gasteiger charge is -2.24. The molecule has 3 aromatic heterocycles. The predicted molar refractivity (Wildman–Crippen MR) is 111 cm³/mol. The van der Waals surface area contributed by atoms with Crippen molar-refractivity contribution in [1.29, 1.82) is 0 Å². The van der Waals surface area contributed by atoms with Gasteiger partial charge in [-0.2, -0.15) is 0 Å². The Bertz CT molecular complexity index is 1290. The van der Waals surface area contributed by atoms with Gasteiger partial charge in [-0.3, -0.25) is 14.7 Å². The minimum Gasteiger partial charge on any atom is -0.304 e. The number of aromatic nitrogens is 3. The van der Waals surface area contributed by atoms with E-state index in [-0.39, 0.29) is 30.1 Å². The number of halogens is 2. The van der Waals surface area contributed by atoms with E-state index in [1.54, 1.807) is 13.8 Å². The van der Waals surface area contributed by atoms with Gasteiger partial charge in [-0.15, -0.1) is 11.3 Å². The highest BCUT2D eigenvalue weighted by Gasteiger charge is 2.23. The monoisotopic (exact) mass is 428 g/mol. The summed E-state index contributed by atoms with van der Waals surface area (Å²) in [5, 5.41) is 4.52. The van der Waals surface area contributed by atoms with Gasteiger partial charge in [-0.05, 0) is 37.4 Å². The number of carbonyl (C=O) groups is 1. The van der Waals surface area contributed by atoms with E-state index >= 15 is 0 Å². The molecule has 154 valence electrons. The molecular formula is C21H18F2N4O2S. The number of aryl methyl sites for hydroxylation is 2. The van der Waals surface area contributed by atoms with E-state index in [9.17, 15) is 18.4 Å². The Hall–Kier alpha value is -3.33. The van der Waals surface area contributed by atoms with E-state index in [1.165, 1.54) is 32.9 Å². The maximum Gasteiger partial charge on any atom is 0.266 e. The van der Waals surface area contributed by atoms with Crippen LogP contribution in [0.1, 0.15) is 21.8 Å². The lowest BCUT2D eigenvalue weighted by molar-refractivity contribution is -0.118. The molecule has 3 heterocycles. The van der Waals surface area contributed by atoms with Crippen LogP contribution >= 0.6 is 11.3 Å². The van der Waals surface area contributed by atoms with Crippen LogP contribution in [-0.2, 0) is 17.8 Å². The van der Waals surface area contributed by atoms with E-state index < -0.39 is 11.6 Å². The van der Waals surface area contributed by atoms with E-state index in [1.807, 2.05) is 17.5 Å². The zero-order valence-electron chi connectivity index (χ0n) is 16.3. The molecule has 1 aromatic carbocycles. The molecule has 0 radical (unpaired) electrons. The Morgan fingerprint density at radius 2 is 2.03 bits per heavy atom. The molecular weight excluding hydrogens is 410 g/mol. The predicted octanol–water partition coefficient (Wildman–Crippen LogP) is 3.76. The topological polar surface area (TPSA) is 70.5 Å². The minimum atomic E-state index is -0.809. The van der Waals surface area contributed by atoms with Crippen LogP contribution in [0.4, 0.5) is 14.5 Å². The summed E-state index contributed by atoms with van der Waals surface area (Å²) in [6, 6.07) is 8.23. The van der Waals surface area contributed by atoms with Crippen molar-refractivity contribution in [1.82, 2.24) is 14.6 Å². The molecule has 1 amide bonds. The lowest BCUT2D eigenvalue weighted by Crippen LogP contribution is -2.33. The number of thiophene rings is 1. The number of benzene rings is 1. The van der Waals surface area contributed by atoms with Gasteiger partial charge in [0.15, 0.2) is 5.65 Å². The zero-order chi connectivity index (χ0) is 21.4. The quantitative estimate of drug-likeness (QED) is 0.526. The fraction of sp³-hybridized carbons (Fsp3) is 0.190. The molecule has 4 aromatic rings. The van der Waals surface area contributed by atoms with Crippen LogP contribution in [0.5, 0.6) is 0 Å². The second-order valence-electron chi connectivity index (χ2n) is 6.91. The molecule has 4 rings (SSSR count). The molecule has 0 aliphatic carbocycles. The number of anilines is 1. The first-order chi connectivity index (χ1) is 14.3. The van der Waals surface area contributed by atoms with Gasteiger partial charge in [0.2, 0.25) is 5.91 Å². The molecule has 0 saturated carbocycles. The first kappa shape index (κ1) is 20.0. The van der Waals surface area contributed by atoms with Crippen molar-refractivity contribution in [3.8, 4) is 0 Å². The van der Waals surface area contributed by atoms with Gasteiger partial charge in [-0.1, -0.05) is 6.07 Å². The Morgan fingerprint density at radius 1 is 1.23 bits per heavy atom. The molecule has 0 atom stereocenters. The van der Waals surface area contributed by atoms with Gasteiger partial charge >= 0.3 is 0 Å². The summed E-state index contributed by atoms with van der Waals surface area (Å²) in [6.45, 7) is 3.70. The number of carbonyl (C=O) groups excluding carboxylic acids is 1. The standard InChI is InChI=1S/C21H18F2N4O2S/c1-12-16(13(2)27-19(24-12)10-20(28)25-27)9-21(29)26(11-15-4-3-7-30-15)18-6-5-14(22)8-17(18)23/h3-8,10H,9,11H2,1-2H3,(H,25,28). The molecule has 30 heavy (non-hydrogen) atoms. The summed E-state index contributed by atoms with van der Waals surface area (Å²) < 4.78 is 29.5. The molecule has 0 aliphatic rings. The summed E-state index contributed by atoms with van der Waals surface area (Å²) >= 11 is 1.44. The molecule has 0 bridgehead atoms. The van der Waals surface area contributed by atoms with Gasteiger partial charge in [-0.25, -0.2) is 18.3 Å². The largest absolute Gasteiger partial charge is 0.304 e. The van der Waals surface area contributed by atoms with Crippen LogP contribution in [0, 0.1) is 25.5 Å². The maximum atomic E-state index is 14.5. The SMILES string of the molecule is Cc1nc2cc(=O)[nH]n2c(C)c1CC(=O)N(Cc1cccs1)c1ccc(F)cc1F. The highest BCUT2D eigenvalue weighted by Crippen LogP contribution is 2.25. The molecule has 0 unspecified atom stereocenters. The molecule has 1 N–H and O–H groups in total. The molecule has 0 spiro atoms. The average molecular weight is 428 g/mol. The van der Waals surface area contributed by atoms with Crippen molar-refractivity contribution in [3.05, 3.63) is 85.6 Å². The van der Waals surface area contributed by atoms with Crippen molar-refractivity contribution in [3.63, 3.8) is 0 Å². The maximum absolute atomic E-state index is 14.5. The van der Waals surface area contributed by atoms with Gasteiger partial charge in [0, 0.05) is 34.0 Å². The van der Waals surface area contributed by atoms with E-state index in [0.717, 1.165) is 17.0 Å². The van der Waals surface area contributed by atoms with Crippen LogP contribution in [0.15, 0.2) is 46.6 Å². The van der Waals surface area contributed by atoms with Crippen molar-refractivity contribution < 1.29 is 13.6 Å². The van der Waals surface area contributed by atoms with Gasteiger partial charge in [0.1, 0.15) is 11.6 Å². The molecule has 0 saturated heterocycles. The summed E-state index contributed by atoms with van der Waals surface area (Å²) in [7, 11) is 0. The van der Waals surface area contributed by atoms with Crippen LogP contribution in [0.2, 0.25) is 0 Å². The second-order valence-corrected chi connectivity index (χ2v) is 7.94. The van der Waals surface area contributed by atoms with Crippen molar-refractivity contribution in [2.24, 2.45) is 0 Å². The number of fused-ring (bicyclic) bond motifs is 1. The Balaban J connectivity index is 1.73. The Labute approximate surface area is 174 Å². The molecule has 9 heteroatoms. The van der Waals surface area contributed by atoms with E-state index in [2.05, 4.69) is 10.1 Å². The number of aromatic amines is 1.